The number of aliphatic hydroxyl groups excluding tert-OH is 1. The van der Waals surface area contributed by atoms with E-state index in [0.29, 0.717) is 5.82 Å². The van der Waals surface area contributed by atoms with Crippen molar-refractivity contribution in [3.63, 3.8) is 0 Å². The lowest BCUT2D eigenvalue weighted by Crippen LogP contribution is -2.19. The quantitative estimate of drug-likeness (QED) is 0.789. The molecule has 1 atom stereocenters. The van der Waals surface area contributed by atoms with E-state index in [1.165, 1.54) is 0 Å². The summed E-state index contributed by atoms with van der Waals surface area (Å²) in [5.74, 6) is 0.706. The lowest BCUT2D eigenvalue weighted by molar-refractivity contribution is 0.240. The Labute approximate surface area is 122 Å². The predicted molar refractivity (Wildman–Crippen MR) is 78.6 cm³/mol. The molecule has 0 spiro atoms. The summed E-state index contributed by atoms with van der Waals surface area (Å²) >= 11 is 0. The van der Waals surface area contributed by atoms with Crippen LogP contribution in [-0.2, 0) is 7.05 Å². The fourth-order valence-corrected chi connectivity index (χ4v) is 2.50. The summed E-state index contributed by atoms with van der Waals surface area (Å²) in [6, 6.07) is 9.71. The van der Waals surface area contributed by atoms with E-state index in [0.717, 1.165) is 17.0 Å². The van der Waals surface area contributed by atoms with Crippen LogP contribution in [0.2, 0.25) is 0 Å². The number of benzene rings is 1. The van der Waals surface area contributed by atoms with Gasteiger partial charge in [-0.05, 0) is 6.92 Å². The SMILES string of the molecule is Cc1c(-c2ccccc2)ncn1C(CO)c1nncn1C. The number of imidazole rings is 1. The third kappa shape index (κ3) is 2.34. The molecule has 0 saturated carbocycles. The Morgan fingerprint density at radius 3 is 2.57 bits per heavy atom. The zero-order chi connectivity index (χ0) is 14.8. The fourth-order valence-electron chi connectivity index (χ4n) is 2.50. The van der Waals surface area contributed by atoms with Gasteiger partial charge in [-0.2, -0.15) is 0 Å². The van der Waals surface area contributed by atoms with Gasteiger partial charge in [-0.3, -0.25) is 0 Å². The van der Waals surface area contributed by atoms with Crippen LogP contribution in [0.3, 0.4) is 0 Å². The van der Waals surface area contributed by atoms with Crippen molar-refractivity contribution in [2.75, 3.05) is 6.61 Å². The highest BCUT2D eigenvalue weighted by Gasteiger charge is 2.21. The van der Waals surface area contributed by atoms with Gasteiger partial charge in [-0.1, -0.05) is 30.3 Å². The van der Waals surface area contributed by atoms with E-state index >= 15 is 0 Å². The van der Waals surface area contributed by atoms with Crippen molar-refractivity contribution in [2.45, 2.75) is 13.0 Å². The Kier molecular flexibility index (Phi) is 3.53. The van der Waals surface area contributed by atoms with E-state index in [2.05, 4.69) is 15.2 Å². The van der Waals surface area contributed by atoms with Gasteiger partial charge in [0, 0.05) is 18.3 Å². The summed E-state index contributed by atoms with van der Waals surface area (Å²) in [7, 11) is 1.86. The Morgan fingerprint density at radius 2 is 1.95 bits per heavy atom. The van der Waals surface area contributed by atoms with Crippen molar-refractivity contribution in [1.82, 2.24) is 24.3 Å². The Balaban J connectivity index is 2.04. The summed E-state index contributed by atoms with van der Waals surface area (Å²) in [5, 5.41) is 17.7. The van der Waals surface area contributed by atoms with Gasteiger partial charge in [0.15, 0.2) is 5.82 Å². The summed E-state index contributed by atoms with van der Waals surface area (Å²) in [6.07, 6.45) is 3.37. The normalized spacial score (nSPS) is 12.5. The maximum Gasteiger partial charge on any atom is 0.158 e. The number of rotatable bonds is 4. The third-order valence-electron chi connectivity index (χ3n) is 3.64. The Bertz CT molecular complexity index is 732. The van der Waals surface area contributed by atoms with Crippen molar-refractivity contribution in [3.8, 4) is 11.3 Å². The van der Waals surface area contributed by atoms with E-state index in [9.17, 15) is 5.11 Å². The monoisotopic (exact) mass is 283 g/mol. The molecule has 3 rings (SSSR count). The van der Waals surface area contributed by atoms with Gasteiger partial charge >= 0.3 is 0 Å². The summed E-state index contributed by atoms with van der Waals surface area (Å²) < 4.78 is 3.74. The number of hydrogen-bond acceptors (Lipinski definition) is 4. The molecule has 0 amide bonds. The third-order valence-corrected chi connectivity index (χ3v) is 3.64. The van der Waals surface area contributed by atoms with Gasteiger partial charge in [0.25, 0.3) is 0 Å². The first-order valence-electron chi connectivity index (χ1n) is 6.76. The predicted octanol–water partition coefficient (Wildman–Crippen LogP) is 1.57. The van der Waals surface area contributed by atoms with Crippen LogP contribution in [0.1, 0.15) is 17.6 Å². The molecular weight excluding hydrogens is 266 g/mol. The second-order valence-corrected chi connectivity index (χ2v) is 4.95. The maximum atomic E-state index is 9.75. The van der Waals surface area contributed by atoms with Crippen LogP contribution < -0.4 is 0 Å². The van der Waals surface area contributed by atoms with Crippen LogP contribution in [0.25, 0.3) is 11.3 Å². The average molecular weight is 283 g/mol. The molecule has 21 heavy (non-hydrogen) atoms. The molecule has 0 fully saturated rings. The molecule has 0 aliphatic rings. The van der Waals surface area contributed by atoms with Crippen LogP contribution in [-0.4, -0.2) is 36.0 Å². The van der Waals surface area contributed by atoms with Gasteiger partial charge in [-0.15, -0.1) is 10.2 Å². The molecule has 1 unspecified atom stereocenters. The van der Waals surface area contributed by atoms with Crippen LogP contribution in [0.15, 0.2) is 43.0 Å². The van der Waals surface area contributed by atoms with E-state index in [4.69, 9.17) is 0 Å². The molecule has 2 aromatic heterocycles. The van der Waals surface area contributed by atoms with E-state index in [1.807, 2.05) is 53.4 Å². The molecule has 1 N–H and O–H groups in total. The zero-order valence-electron chi connectivity index (χ0n) is 12.0. The van der Waals surface area contributed by atoms with Gasteiger partial charge in [0.05, 0.1) is 18.6 Å². The number of nitrogens with zero attached hydrogens (tertiary/aromatic N) is 5. The minimum Gasteiger partial charge on any atom is -0.394 e. The second-order valence-electron chi connectivity index (χ2n) is 4.95. The number of hydrogen-bond donors (Lipinski definition) is 1. The minimum atomic E-state index is -0.289. The average Bonchev–Trinajstić information content (AvgIpc) is 3.09. The van der Waals surface area contributed by atoms with E-state index < -0.39 is 0 Å². The smallest absolute Gasteiger partial charge is 0.158 e. The molecule has 6 heteroatoms. The van der Waals surface area contributed by atoms with Gasteiger partial charge in [-0.25, -0.2) is 4.98 Å². The number of aryl methyl sites for hydroxylation is 1. The molecular formula is C15H17N5O. The molecule has 0 radical (unpaired) electrons. The molecule has 6 nitrogen and oxygen atoms in total. The molecule has 3 aromatic rings. The molecule has 0 bridgehead atoms. The van der Waals surface area contributed by atoms with Crippen LogP contribution >= 0.6 is 0 Å². The van der Waals surface area contributed by atoms with Gasteiger partial charge in [0.1, 0.15) is 12.4 Å². The first kappa shape index (κ1) is 13.5. The van der Waals surface area contributed by atoms with Crippen molar-refractivity contribution in [1.29, 1.82) is 0 Å². The lowest BCUT2D eigenvalue weighted by Gasteiger charge is -2.17. The van der Waals surface area contributed by atoms with Crippen molar-refractivity contribution < 1.29 is 5.11 Å². The van der Waals surface area contributed by atoms with Crippen molar-refractivity contribution in [2.24, 2.45) is 7.05 Å². The van der Waals surface area contributed by atoms with Gasteiger partial charge < -0.3 is 14.2 Å². The largest absolute Gasteiger partial charge is 0.394 e. The minimum absolute atomic E-state index is 0.0576. The summed E-state index contributed by atoms with van der Waals surface area (Å²) in [5.41, 5.74) is 2.96. The molecule has 2 heterocycles. The first-order valence-corrected chi connectivity index (χ1v) is 6.76. The molecule has 0 saturated heterocycles. The Hall–Kier alpha value is -2.47. The second kappa shape index (κ2) is 5.49. The van der Waals surface area contributed by atoms with Crippen LogP contribution in [0, 0.1) is 6.92 Å². The summed E-state index contributed by atoms with van der Waals surface area (Å²) in [6.45, 7) is 1.94. The maximum absolute atomic E-state index is 9.75. The van der Waals surface area contributed by atoms with Crippen LogP contribution in [0.4, 0.5) is 0 Å². The highest BCUT2D eigenvalue weighted by atomic mass is 16.3. The molecule has 0 aliphatic carbocycles. The highest BCUT2D eigenvalue weighted by molar-refractivity contribution is 5.61. The molecule has 108 valence electrons. The standard InChI is InChI=1S/C15H17N5O/c1-11-14(12-6-4-3-5-7-12)16-9-20(11)13(8-21)15-18-17-10-19(15)2/h3-7,9-10,13,21H,8H2,1-2H3. The van der Waals surface area contributed by atoms with E-state index in [1.54, 1.807) is 12.7 Å². The molecule has 1 aromatic carbocycles. The van der Waals surface area contributed by atoms with Crippen molar-refractivity contribution in [3.05, 3.63) is 54.5 Å². The fraction of sp³-hybridized carbons (Fsp3) is 0.267. The first-order chi connectivity index (χ1) is 10.2. The number of aliphatic hydroxyl groups is 1. The van der Waals surface area contributed by atoms with E-state index in [-0.39, 0.29) is 12.6 Å². The lowest BCUT2D eigenvalue weighted by atomic mass is 10.1. The van der Waals surface area contributed by atoms with Crippen molar-refractivity contribution >= 4 is 0 Å². The topological polar surface area (TPSA) is 68.8 Å². The summed E-state index contributed by atoms with van der Waals surface area (Å²) in [4.78, 5) is 4.49. The van der Waals surface area contributed by atoms with Crippen LogP contribution in [0.5, 0.6) is 0 Å². The number of aromatic nitrogens is 5. The zero-order valence-corrected chi connectivity index (χ0v) is 12.0. The van der Waals surface area contributed by atoms with Gasteiger partial charge in [0.2, 0.25) is 0 Å². The molecule has 0 aliphatic heterocycles. The highest BCUT2D eigenvalue weighted by Crippen LogP contribution is 2.25. The Morgan fingerprint density at radius 1 is 1.19 bits per heavy atom.